The second kappa shape index (κ2) is 10.5. The number of ether oxygens (including phenoxy) is 1. The van der Waals surface area contributed by atoms with Gasteiger partial charge in [0.2, 0.25) is 5.91 Å². The number of aliphatic carboxylic acids is 1. The first kappa shape index (κ1) is 24.3. The zero-order valence-corrected chi connectivity index (χ0v) is 19.6. The summed E-state index contributed by atoms with van der Waals surface area (Å²) in [6.07, 6.45) is -0.572. The van der Waals surface area contributed by atoms with E-state index in [2.05, 4.69) is 29.6 Å². The highest BCUT2D eigenvalue weighted by Crippen LogP contribution is 2.44. The van der Waals surface area contributed by atoms with Crippen molar-refractivity contribution in [3.63, 3.8) is 0 Å². The van der Waals surface area contributed by atoms with E-state index in [0.29, 0.717) is 0 Å². The van der Waals surface area contributed by atoms with Gasteiger partial charge >= 0.3 is 12.1 Å². The number of carbonyl (C=O) groups excluding carboxylic acids is 2. The number of alkyl carbamates (subject to hydrolysis) is 1. The molecule has 2 aromatic rings. The normalized spacial score (nSPS) is 14.2. The summed E-state index contributed by atoms with van der Waals surface area (Å²) in [5, 5.41) is 11.8. The number of carbonyl (C=O) groups is 3. The molecule has 33 heavy (non-hydrogen) atoms. The van der Waals surface area contributed by atoms with Gasteiger partial charge in [0.1, 0.15) is 6.61 Å². The monoisotopic (exact) mass is 452 g/mol. The molecule has 176 valence electrons. The van der Waals surface area contributed by atoms with Crippen molar-refractivity contribution < 1.29 is 24.2 Å². The minimum atomic E-state index is -0.951. The summed E-state index contributed by atoms with van der Waals surface area (Å²) >= 11 is 0. The fourth-order valence-electron chi connectivity index (χ4n) is 4.31. The van der Waals surface area contributed by atoms with E-state index in [4.69, 9.17) is 9.84 Å². The summed E-state index contributed by atoms with van der Waals surface area (Å²) in [6, 6.07) is 16.2. The van der Waals surface area contributed by atoms with Crippen molar-refractivity contribution in [1.29, 1.82) is 0 Å². The van der Waals surface area contributed by atoms with Crippen LogP contribution in [-0.4, -0.2) is 54.7 Å². The average molecular weight is 453 g/mol. The SMILES string of the molecule is CC(CN(C)C(=O)C(CNC(=O)OCC1c2ccccc2-c2ccccc21)C(C)C)C(=O)O. The molecule has 2 N–H and O–H groups in total. The third-order valence-electron chi connectivity index (χ3n) is 6.28. The van der Waals surface area contributed by atoms with Crippen LogP contribution in [0.4, 0.5) is 4.79 Å². The van der Waals surface area contributed by atoms with Gasteiger partial charge in [-0.1, -0.05) is 69.3 Å². The summed E-state index contributed by atoms with van der Waals surface area (Å²) in [5.41, 5.74) is 4.59. The Hall–Kier alpha value is -3.35. The molecule has 2 amide bonds. The predicted molar refractivity (Wildman–Crippen MR) is 126 cm³/mol. The number of carboxylic acids is 1. The van der Waals surface area contributed by atoms with Gasteiger partial charge in [-0.15, -0.1) is 0 Å². The number of fused-ring (bicyclic) bond motifs is 3. The molecule has 0 aliphatic heterocycles. The van der Waals surface area contributed by atoms with E-state index in [1.807, 2.05) is 38.1 Å². The van der Waals surface area contributed by atoms with Crippen LogP contribution in [0.5, 0.6) is 0 Å². The van der Waals surface area contributed by atoms with Gasteiger partial charge in [0.05, 0.1) is 11.8 Å². The van der Waals surface area contributed by atoms with Crippen LogP contribution >= 0.6 is 0 Å². The van der Waals surface area contributed by atoms with E-state index >= 15 is 0 Å². The average Bonchev–Trinajstić information content (AvgIpc) is 3.11. The smallest absolute Gasteiger partial charge is 0.407 e. The molecule has 0 spiro atoms. The van der Waals surface area contributed by atoms with Gasteiger partial charge < -0.3 is 20.1 Å². The first-order valence-corrected chi connectivity index (χ1v) is 11.3. The molecule has 0 bridgehead atoms. The lowest BCUT2D eigenvalue weighted by Crippen LogP contribution is -2.44. The highest BCUT2D eigenvalue weighted by molar-refractivity contribution is 5.81. The maximum atomic E-state index is 12.8. The van der Waals surface area contributed by atoms with E-state index in [0.717, 1.165) is 22.3 Å². The lowest BCUT2D eigenvalue weighted by molar-refractivity contribution is -0.143. The Labute approximate surface area is 194 Å². The van der Waals surface area contributed by atoms with E-state index in [1.165, 1.54) is 4.90 Å². The fraction of sp³-hybridized carbons (Fsp3) is 0.423. The number of hydrogen-bond donors (Lipinski definition) is 2. The van der Waals surface area contributed by atoms with Crippen molar-refractivity contribution in [3.05, 3.63) is 59.7 Å². The van der Waals surface area contributed by atoms with E-state index in [1.54, 1.807) is 14.0 Å². The van der Waals surface area contributed by atoms with Gasteiger partial charge in [-0.25, -0.2) is 4.79 Å². The fourth-order valence-corrected chi connectivity index (χ4v) is 4.31. The van der Waals surface area contributed by atoms with Gasteiger partial charge in [0, 0.05) is 26.1 Å². The highest BCUT2D eigenvalue weighted by atomic mass is 16.5. The quantitative estimate of drug-likeness (QED) is 0.600. The van der Waals surface area contributed by atoms with Crippen molar-refractivity contribution in [2.45, 2.75) is 26.7 Å². The number of nitrogens with one attached hydrogen (secondary N) is 1. The molecular weight excluding hydrogens is 420 g/mol. The molecule has 0 fully saturated rings. The molecule has 7 nitrogen and oxygen atoms in total. The van der Waals surface area contributed by atoms with Crippen LogP contribution in [0.25, 0.3) is 11.1 Å². The molecule has 2 atom stereocenters. The number of nitrogens with zero attached hydrogens (tertiary/aromatic N) is 1. The molecule has 0 aromatic heterocycles. The second-order valence-corrected chi connectivity index (χ2v) is 9.02. The molecule has 1 aliphatic rings. The van der Waals surface area contributed by atoms with Crippen LogP contribution in [0.2, 0.25) is 0 Å². The zero-order valence-electron chi connectivity index (χ0n) is 19.6. The topological polar surface area (TPSA) is 95.9 Å². The van der Waals surface area contributed by atoms with Crippen molar-refractivity contribution in [3.8, 4) is 11.1 Å². The number of hydrogen-bond acceptors (Lipinski definition) is 4. The van der Waals surface area contributed by atoms with Crippen LogP contribution in [-0.2, 0) is 14.3 Å². The first-order valence-electron chi connectivity index (χ1n) is 11.3. The Kier molecular flexibility index (Phi) is 7.74. The Morgan fingerprint density at radius 2 is 1.55 bits per heavy atom. The Morgan fingerprint density at radius 3 is 2.06 bits per heavy atom. The molecular formula is C26H32N2O5. The third-order valence-corrected chi connectivity index (χ3v) is 6.28. The predicted octanol–water partition coefficient (Wildman–Crippen LogP) is 3.98. The molecule has 0 saturated carbocycles. The number of benzene rings is 2. The maximum absolute atomic E-state index is 12.8. The van der Waals surface area contributed by atoms with Crippen molar-refractivity contribution in [2.75, 3.05) is 26.7 Å². The summed E-state index contributed by atoms with van der Waals surface area (Å²) < 4.78 is 5.55. The molecule has 3 rings (SSSR count). The Bertz CT molecular complexity index is 974. The van der Waals surface area contributed by atoms with Gasteiger partial charge in [-0.05, 0) is 28.2 Å². The lowest BCUT2D eigenvalue weighted by Gasteiger charge is -2.27. The third kappa shape index (κ3) is 5.53. The molecule has 1 aliphatic carbocycles. The molecule has 7 heteroatoms. The van der Waals surface area contributed by atoms with Crippen molar-refractivity contribution in [1.82, 2.24) is 10.2 Å². The van der Waals surface area contributed by atoms with Crippen LogP contribution in [0.1, 0.15) is 37.8 Å². The summed E-state index contributed by atoms with van der Waals surface area (Å²) in [7, 11) is 1.59. The van der Waals surface area contributed by atoms with Gasteiger partial charge in [0.15, 0.2) is 0 Å². The molecule has 2 unspecified atom stereocenters. The van der Waals surface area contributed by atoms with Crippen molar-refractivity contribution >= 4 is 18.0 Å². The van der Waals surface area contributed by atoms with Gasteiger partial charge in [-0.2, -0.15) is 0 Å². The van der Waals surface area contributed by atoms with Crippen LogP contribution < -0.4 is 5.32 Å². The number of rotatable bonds is 9. The van der Waals surface area contributed by atoms with Crippen LogP contribution in [0, 0.1) is 17.8 Å². The minimum Gasteiger partial charge on any atom is -0.481 e. The minimum absolute atomic E-state index is 0.0330. The second-order valence-electron chi connectivity index (χ2n) is 9.02. The molecule has 0 heterocycles. The van der Waals surface area contributed by atoms with Crippen LogP contribution in [0.3, 0.4) is 0 Å². The lowest BCUT2D eigenvalue weighted by atomic mass is 9.94. The van der Waals surface area contributed by atoms with E-state index < -0.39 is 23.9 Å². The van der Waals surface area contributed by atoms with Crippen LogP contribution in [0.15, 0.2) is 48.5 Å². The Morgan fingerprint density at radius 1 is 1.00 bits per heavy atom. The zero-order chi connectivity index (χ0) is 24.1. The summed E-state index contributed by atoms with van der Waals surface area (Å²) in [5.74, 6) is -2.36. The van der Waals surface area contributed by atoms with Crippen molar-refractivity contribution in [2.24, 2.45) is 17.8 Å². The van der Waals surface area contributed by atoms with Gasteiger partial charge in [-0.3, -0.25) is 9.59 Å². The Balaban J connectivity index is 1.58. The maximum Gasteiger partial charge on any atom is 0.407 e. The standard InChI is InChI=1S/C26H32N2O5/c1-16(2)22(24(29)28(4)14-17(3)25(30)31)13-27-26(32)33-15-23-20-11-7-5-9-18(20)19-10-6-8-12-21(19)23/h5-12,16-17,22-23H,13-15H2,1-4H3,(H,27,32)(H,30,31). The van der Waals surface area contributed by atoms with E-state index in [9.17, 15) is 14.4 Å². The largest absolute Gasteiger partial charge is 0.481 e. The number of carboxylic acid groups (broad SMARTS) is 1. The number of amides is 2. The molecule has 0 saturated heterocycles. The van der Waals surface area contributed by atoms with Gasteiger partial charge in [0.25, 0.3) is 0 Å². The van der Waals surface area contributed by atoms with E-state index in [-0.39, 0.29) is 37.4 Å². The first-order chi connectivity index (χ1) is 15.7. The summed E-state index contributed by atoms with van der Waals surface area (Å²) in [6.45, 7) is 5.80. The molecule has 0 radical (unpaired) electrons. The molecule has 2 aromatic carbocycles. The summed E-state index contributed by atoms with van der Waals surface area (Å²) in [4.78, 5) is 37.8. The highest BCUT2D eigenvalue weighted by Gasteiger charge is 2.30.